The third kappa shape index (κ3) is 5.01. The van der Waals surface area contributed by atoms with E-state index in [1.54, 1.807) is 19.6 Å². The molecule has 0 amide bonds. The van der Waals surface area contributed by atoms with Crippen LogP contribution >= 0.6 is 0 Å². The molecule has 30 heavy (non-hydrogen) atoms. The molecule has 2 unspecified atom stereocenters. The first-order valence-corrected chi connectivity index (χ1v) is 10.2. The van der Waals surface area contributed by atoms with Gasteiger partial charge >= 0.3 is 0 Å². The largest absolute Gasteiger partial charge is 0.497 e. The molecule has 1 aliphatic heterocycles. The van der Waals surface area contributed by atoms with Gasteiger partial charge in [-0.15, -0.1) is 0 Å². The molecule has 2 heterocycles. The topological polar surface area (TPSA) is 54.7 Å². The van der Waals surface area contributed by atoms with E-state index < -0.39 is 5.79 Å². The minimum atomic E-state index is -0.708. The van der Waals surface area contributed by atoms with Gasteiger partial charge in [-0.25, -0.2) is 4.98 Å². The molecule has 0 aliphatic carbocycles. The molecule has 0 N–H and O–H groups in total. The van der Waals surface area contributed by atoms with E-state index in [2.05, 4.69) is 17.1 Å². The van der Waals surface area contributed by atoms with Gasteiger partial charge in [-0.1, -0.05) is 30.3 Å². The van der Waals surface area contributed by atoms with Crippen molar-refractivity contribution >= 4 is 0 Å². The molecule has 0 saturated carbocycles. The van der Waals surface area contributed by atoms with Crippen LogP contribution in [0.2, 0.25) is 0 Å². The van der Waals surface area contributed by atoms with E-state index in [9.17, 15) is 0 Å². The summed E-state index contributed by atoms with van der Waals surface area (Å²) in [6, 6.07) is 16.1. The number of rotatable bonds is 9. The van der Waals surface area contributed by atoms with Gasteiger partial charge in [0.2, 0.25) is 0 Å². The maximum Gasteiger partial charge on any atom is 0.187 e. The number of hydrogen-bond acceptors (Lipinski definition) is 5. The van der Waals surface area contributed by atoms with Crippen LogP contribution in [0.3, 0.4) is 0 Å². The van der Waals surface area contributed by atoms with Gasteiger partial charge < -0.3 is 23.5 Å². The summed E-state index contributed by atoms with van der Waals surface area (Å²) in [6.07, 6.45) is 6.94. The van der Waals surface area contributed by atoms with Crippen molar-refractivity contribution in [2.75, 3.05) is 20.3 Å². The second kappa shape index (κ2) is 9.32. The van der Waals surface area contributed by atoms with Gasteiger partial charge in [-0.3, -0.25) is 0 Å². The monoisotopic (exact) mass is 408 g/mol. The minimum Gasteiger partial charge on any atom is -0.497 e. The molecule has 0 spiro atoms. The Hall–Kier alpha value is -2.83. The highest BCUT2D eigenvalue weighted by molar-refractivity contribution is 5.31. The van der Waals surface area contributed by atoms with Crippen molar-refractivity contribution in [3.63, 3.8) is 0 Å². The standard InChI is InChI=1S/C24H28N2O4/c1-19-5-3-4-6-23(19)28-15-22-16-29-24(30-22,17-26-14-13-25-18-26)12-11-20-7-9-21(27-2)10-8-20/h3-10,13-14,18,22H,11-12,15-17H2,1-2H3. The first kappa shape index (κ1) is 20.4. The Morgan fingerprint density at radius 2 is 2.00 bits per heavy atom. The fraction of sp³-hybridized carbons (Fsp3) is 0.375. The number of imidazole rings is 1. The highest BCUT2D eigenvalue weighted by Crippen LogP contribution is 2.31. The molecule has 2 atom stereocenters. The fourth-order valence-electron chi connectivity index (χ4n) is 3.68. The van der Waals surface area contributed by atoms with Crippen molar-refractivity contribution in [3.05, 3.63) is 78.4 Å². The highest BCUT2D eigenvalue weighted by Gasteiger charge is 2.42. The summed E-state index contributed by atoms with van der Waals surface area (Å²) in [5.74, 6) is 1.03. The first-order chi connectivity index (χ1) is 14.7. The van der Waals surface area contributed by atoms with Gasteiger partial charge in [-0.05, 0) is 42.7 Å². The van der Waals surface area contributed by atoms with Gasteiger partial charge in [0.1, 0.15) is 24.2 Å². The molecule has 4 rings (SSSR count). The van der Waals surface area contributed by atoms with E-state index in [-0.39, 0.29) is 6.10 Å². The van der Waals surface area contributed by atoms with Crippen molar-refractivity contribution in [2.24, 2.45) is 0 Å². The van der Waals surface area contributed by atoms with Gasteiger partial charge in [-0.2, -0.15) is 0 Å². The van der Waals surface area contributed by atoms with E-state index in [0.717, 1.165) is 29.9 Å². The van der Waals surface area contributed by atoms with Crippen molar-refractivity contribution in [1.29, 1.82) is 0 Å². The summed E-state index contributed by atoms with van der Waals surface area (Å²) >= 11 is 0. The molecule has 3 aromatic rings. The maximum atomic E-state index is 6.43. The van der Waals surface area contributed by atoms with E-state index in [1.807, 2.05) is 54.1 Å². The van der Waals surface area contributed by atoms with Crippen LogP contribution in [0.5, 0.6) is 11.5 Å². The third-order valence-corrected chi connectivity index (χ3v) is 5.37. The molecule has 1 aliphatic rings. The van der Waals surface area contributed by atoms with Crippen LogP contribution in [-0.2, 0) is 22.4 Å². The molecule has 0 bridgehead atoms. The molecule has 158 valence electrons. The number of benzene rings is 2. The Balaban J connectivity index is 1.41. The Morgan fingerprint density at radius 3 is 2.73 bits per heavy atom. The van der Waals surface area contributed by atoms with Gasteiger partial charge in [0.25, 0.3) is 0 Å². The number of methoxy groups -OCH3 is 1. The molecule has 6 heteroatoms. The van der Waals surface area contributed by atoms with Crippen LogP contribution in [0.1, 0.15) is 17.5 Å². The molecule has 1 saturated heterocycles. The number of nitrogens with zero attached hydrogens (tertiary/aromatic N) is 2. The molecule has 6 nitrogen and oxygen atoms in total. The maximum absolute atomic E-state index is 6.43. The van der Waals surface area contributed by atoms with E-state index in [0.29, 0.717) is 19.8 Å². The van der Waals surface area contributed by atoms with Crippen molar-refractivity contribution in [1.82, 2.24) is 9.55 Å². The minimum absolute atomic E-state index is 0.121. The summed E-state index contributed by atoms with van der Waals surface area (Å²) in [7, 11) is 1.68. The first-order valence-electron chi connectivity index (χ1n) is 10.2. The molecular formula is C24H28N2O4. The summed E-state index contributed by atoms with van der Waals surface area (Å²) in [5, 5.41) is 0. The van der Waals surface area contributed by atoms with Crippen LogP contribution in [0, 0.1) is 6.92 Å². The fourth-order valence-corrected chi connectivity index (χ4v) is 3.68. The van der Waals surface area contributed by atoms with Crippen molar-refractivity contribution in [2.45, 2.75) is 38.2 Å². The van der Waals surface area contributed by atoms with E-state index in [1.165, 1.54) is 5.56 Å². The lowest BCUT2D eigenvalue weighted by Crippen LogP contribution is -2.37. The number of ether oxygens (including phenoxy) is 4. The number of aryl methyl sites for hydroxylation is 2. The lowest BCUT2D eigenvalue weighted by molar-refractivity contribution is -0.184. The number of hydrogen-bond donors (Lipinski definition) is 0. The summed E-state index contributed by atoms with van der Waals surface area (Å²) in [5.41, 5.74) is 2.33. The second-order valence-corrected chi connectivity index (χ2v) is 7.62. The van der Waals surface area contributed by atoms with E-state index >= 15 is 0 Å². The zero-order valence-electron chi connectivity index (χ0n) is 17.5. The van der Waals surface area contributed by atoms with E-state index in [4.69, 9.17) is 18.9 Å². The second-order valence-electron chi connectivity index (χ2n) is 7.62. The van der Waals surface area contributed by atoms with Crippen LogP contribution < -0.4 is 9.47 Å². The van der Waals surface area contributed by atoms with Crippen LogP contribution in [0.4, 0.5) is 0 Å². The average Bonchev–Trinajstić information content (AvgIpc) is 3.43. The lowest BCUT2D eigenvalue weighted by atomic mass is 10.0. The molecule has 0 radical (unpaired) electrons. The SMILES string of the molecule is COc1ccc(CCC2(Cn3ccnc3)OCC(COc3ccccc3C)O2)cc1. The molecule has 1 aromatic heterocycles. The average molecular weight is 408 g/mol. The third-order valence-electron chi connectivity index (χ3n) is 5.37. The summed E-state index contributed by atoms with van der Waals surface area (Å²) in [6.45, 7) is 3.59. The number of aromatic nitrogens is 2. The van der Waals surface area contributed by atoms with Crippen molar-refractivity contribution in [3.8, 4) is 11.5 Å². The summed E-state index contributed by atoms with van der Waals surface area (Å²) in [4.78, 5) is 4.15. The Morgan fingerprint density at radius 1 is 1.17 bits per heavy atom. The van der Waals surface area contributed by atoms with Crippen LogP contribution in [0.25, 0.3) is 0 Å². The molecule has 2 aromatic carbocycles. The molecule has 1 fully saturated rings. The Labute approximate surface area is 177 Å². The predicted molar refractivity (Wildman–Crippen MR) is 114 cm³/mol. The predicted octanol–water partition coefficient (Wildman–Crippen LogP) is 4.02. The Bertz CT molecular complexity index is 927. The zero-order valence-corrected chi connectivity index (χ0v) is 17.5. The normalized spacial score (nSPS) is 20.9. The number of para-hydroxylation sites is 1. The van der Waals surface area contributed by atoms with Gasteiger partial charge in [0.15, 0.2) is 5.79 Å². The van der Waals surface area contributed by atoms with Gasteiger partial charge in [0.05, 0.1) is 26.6 Å². The van der Waals surface area contributed by atoms with Crippen LogP contribution in [-0.4, -0.2) is 41.8 Å². The van der Waals surface area contributed by atoms with Crippen LogP contribution in [0.15, 0.2) is 67.3 Å². The zero-order chi connectivity index (χ0) is 20.8. The van der Waals surface area contributed by atoms with Crippen molar-refractivity contribution < 1.29 is 18.9 Å². The lowest BCUT2D eigenvalue weighted by Gasteiger charge is -2.28. The quantitative estimate of drug-likeness (QED) is 0.535. The smallest absolute Gasteiger partial charge is 0.187 e. The molecular weight excluding hydrogens is 380 g/mol. The summed E-state index contributed by atoms with van der Waals surface area (Å²) < 4.78 is 25.9. The highest BCUT2D eigenvalue weighted by atomic mass is 16.8. The Kier molecular flexibility index (Phi) is 6.35. The van der Waals surface area contributed by atoms with Gasteiger partial charge in [0, 0.05) is 18.8 Å².